The van der Waals surface area contributed by atoms with Gasteiger partial charge < -0.3 is 0 Å². The van der Waals surface area contributed by atoms with E-state index < -0.39 is 11.8 Å². The average Bonchev–Trinajstić information content (AvgIpc) is 3.26. The first-order valence-corrected chi connectivity index (χ1v) is 13.5. The first kappa shape index (κ1) is 24.1. The summed E-state index contributed by atoms with van der Waals surface area (Å²) < 4.78 is 2.43. The monoisotopic (exact) mass is 516 g/mol. The second-order valence-electron chi connectivity index (χ2n) is 8.89. The molecule has 4 unspecified atom stereocenters. The summed E-state index contributed by atoms with van der Waals surface area (Å²) in [6.45, 7) is 5.26. The lowest BCUT2D eigenvalue weighted by Crippen LogP contribution is -2.49. The Labute approximate surface area is 212 Å². The summed E-state index contributed by atoms with van der Waals surface area (Å²) in [5, 5.41) is 8.97. The number of imide groups is 2. The van der Waals surface area contributed by atoms with Crippen LogP contribution < -0.4 is 5.43 Å². The van der Waals surface area contributed by atoms with Crippen LogP contribution in [0.15, 0.2) is 40.5 Å². The minimum atomic E-state index is -0.418. The maximum Gasteiger partial charge on any atom is 0.247 e. The van der Waals surface area contributed by atoms with Crippen LogP contribution in [0.3, 0.4) is 0 Å². The molecular formula is C23H28N6O4S2. The number of rotatable bonds is 6. The largest absolute Gasteiger partial charge is 0.273 e. The summed E-state index contributed by atoms with van der Waals surface area (Å²) in [5.41, 5.74) is 3.15. The van der Waals surface area contributed by atoms with E-state index in [-0.39, 0.29) is 35.5 Å². The smallest absolute Gasteiger partial charge is 0.247 e. The van der Waals surface area contributed by atoms with Gasteiger partial charge >= 0.3 is 0 Å². The number of hydrogen-bond acceptors (Lipinski definition) is 10. The molecule has 0 aromatic carbocycles. The number of hydrogen-bond donors (Lipinski definition) is 1. The zero-order valence-corrected chi connectivity index (χ0v) is 21.3. The maximum absolute atomic E-state index is 13.0. The van der Waals surface area contributed by atoms with E-state index in [0.717, 1.165) is 36.7 Å². The van der Waals surface area contributed by atoms with Gasteiger partial charge in [0.25, 0.3) is 0 Å². The summed E-state index contributed by atoms with van der Waals surface area (Å²) in [7, 11) is 0. The van der Waals surface area contributed by atoms with Gasteiger partial charge in [-0.15, -0.1) is 10.3 Å². The Balaban J connectivity index is 1.38. The van der Waals surface area contributed by atoms with Crippen LogP contribution in [0.4, 0.5) is 0 Å². The van der Waals surface area contributed by atoms with Crippen LogP contribution in [-0.2, 0) is 19.2 Å². The van der Waals surface area contributed by atoms with Crippen molar-refractivity contribution in [2.75, 3.05) is 13.1 Å². The van der Waals surface area contributed by atoms with Crippen LogP contribution >= 0.6 is 23.9 Å². The molecule has 10 nitrogen and oxygen atoms in total. The lowest BCUT2D eigenvalue weighted by molar-refractivity contribution is -0.134. The molecule has 2 fully saturated rings. The first-order valence-electron chi connectivity index (χ1n) is 12.0. The fourth-order valence-corrected chi connectivity index (χ4v) is 6.90. The second-order valence-corrected chi connectivity index (χ2v) is 10.8. The van der Waals surface area contributed by atoms with E-state index in [4.69, 9.17) is 0 Å². The summed E-state index contributed by atoms with van der Waals surface area (Å²) in [5.74, 6) is -2.32. The van der Waals surface area contributed by atoms with Gasteiger partial charge in [-0.25, -0.2) is 8.61 Å². The van der Waals surface area contributed by atoms with Crippen molar-refractivity contribution in [1.82, 2.24) is 24.3 Å². The van der Waals surface area contributed by atoms with Crippen molar-refractivity contribution in [3.8, 4) is 0 Å². The van der Waals surface area contributed by atoms with Gasteiger partial charge in [0.1, 0.15) is 10.1 Å². The van der Waals surface area contributed by atoms with Crippen molar-refractivity contribution in [3.05, 3.63) is 35.4 Å². The standard InChI is InChI=1S/C23H28N6O4S2/c1-3-26(4-2)29-24-18(34-27-20(30)14-9-5-6-10-15(14)21(27)31)13-19(25-29)35-28-22(32)16-11-7-8-12-17(16)23(28)33/h5,7,9,11,13-17,24H,3-4,6,8,10,12H2,1-2H3. The van der Waals surface area contributed by atoms with Gasteiger partial charge in [-0.05, 0) is 25.7 Å². The highest BCUT2D eigenvalue weighted by Gasteiger charge is 2.49. The molecule has 2 aliphatic carbocycles. The van der Waals surface area contributed by atoms with Gasteiger partial charge in [0.05, 0.1) is 23.7 Å². The molecule has 4 atom stereocenters. The third-order valence-electron chi connectivity index (χ3n) is 6.88. The Morgan fingerprint density at radius 1 is 0.886 bits per heavy atom. The van der Waals surface area contributed by atoms with E-state index in [1.807, 2.05) is 43.2 Å². The third kappa shape index (κ3) is 4.31. The molecule has 35 heavy (non-hydrogen) atoms. The number of nitrogens with zero attached hydrogens (tertiary/aromatic N) is 5. The molecular weight excluding hydrogens is 488 g/mol. The van der Waals surface area contributed by atoms with E-state index in [2.05, 4.69) is 10.5 Å². The minimum Gasteiger partial charge on any atom is -0.273 e. The molecule has 0 aromatic rings. The van der Waals surface area contributed by atoms with Crippen molar-refractivity contribution in [3.63, 3.8) is 0 Å². The number of carbonyl (C=O) groups excluding carboxylic acids is 4. The molecule has 0 saturated carbocycles. The number of hydrazone groups is 1. The predicted octanol–water partition coefficient (Wildman–Crippen LogP) is 2.42. The van der Waals surface area contributed by atoms with Crippen molar-refractivity contribution in [1.29, 1.82) is 0 Å². The number of carbonyl (C=O) groups is 4. The zero-order valence-electron chi connectivity index (χ0n) is 19.6. The molecule has 3 aliphatic heterocycles. The summed E-state index contributed by atoms with van der Waals surface area (Å²) >= 11 is 2.01. The SMILES string of the molecule is CCN(CC)N1N=C(SN2C(=O)C3C=CCCC3C2=O)C=C(SN2C(=O)C3C=CCCC3C2=O)N1. The molecule has 0 bridgehead atoms. The van der Waals surface area contributed by atoms with E-state index in [1.54, 1.807) is 11.3 Å². The first-order chi connectivity index (χ1) is 16.9. The highest BCUT2D eigenvalue weighted by atomic mass is 32.2. The van der Waals surface area contributed by atoms with Gasteiger partial charge in [-0.3, -0.25) is 24.6 Å². The predicted molar refractivity (Wildman–Crippen MR) is 133 cm³/mol. The Bertz CT molecular complexity index is 1070. The maximum atomic E-state index is 13.0. The van der Waals surface area contributed by atoms with Crippen molar-refractivity contribution < 1.29 is 19.2 Å². The number of amides is 4. The van der Waals surface area contributed by atoms with Crippen LogP contribution in [0.1, 0.15) is 39.5 Å². The van der Waals surface area contributed by atoms with Gasteiger partial charge in [0, 0.05) is 43.1 Å². The third-order valence-corrected chi connectivity index (χ3v) is 8.76. The lowest BCUT2D eigenvalue weighted by atomic mass is 9.86. The van der Waals surface area contributed by atoms with Crippen LogP contribution in [-0.4, -0.2) is 60.6 Å². The topological polar surface area (TPSA) is 106 Å². The number of hydrazine groups is 2. The Kier molecular flexibility index (Phi) is 6.78. The number of allylic oxidation sites excluding steroid dienone is 2. The van der Waals surface area contributed by atoms with E-state index >= 15 is 0 Å². The Hall–Kier alpha value is -2.57. The van der Waals surface area contributed by atoms with Crippen LogP contribution in [0.25, 0.3) is 0 Å². The fourth-order valence-electron chi connectivity index (χ4n) is 5.00. The normalized spacial score (nSPS) is 30.1. The molecule has 5 aliphatic rings. The van der Waals surface area contributed by atoms with E-state index in [9.17, 15) is 19.2 Å². The molecule has 5 rings (SSSR count). The van der Waals surface area contributed by atoms with Gasteiger partial charge in [-0.1, -0.05) is 38.2 Å². The molecule has 1 N–H and O–H groups in total. The van der Waals surface area contributed by atoms with Crippen LogP contribution in [0.5, 0.6) is 0 Å². The zero-order chi connectivity index (χ0) is 24.7. The molecule has 0 radical (unpaired) electrons. The molecule has 0 spiro atoms. The number of fused-ring (bicyclic) bond motifs is 2. The summed E-state index contributed by atoms with van der Waals surface area (Å²) in [4.78, 5) is 51.8. The van der Waals surface area contributed by atoms with Crippen LogP contribution in [0, 0.1) is 23.7 Å². The molecule has 12 heteroatoms. The van der Waals surface area contributed by atoms with Gasteiger partial charge in [0.15, 0.2) is 0 Å². The molecule has 186 valence electrons. The number of nitrogens with one attached hydrogen (secondary N) is 1. The quantitative estimate of drug-likeness (QED) is 0.324. The Morgan fingerprint density at radius 3 is 1.94 bits per heavy atom. The van der Waals surface area contributed by atoms with Crippen molar-refractivity contribution >= 4 is 52.6 Å². The molecule has 0 aromatic heterocycles. The fraction of sp³-hybridized carbons (Fsp3) is 0.522. The van der Waals surface area contributed by atoms with E-state index in [1.165, 1.54) is 8.61 Å². The molecule has 2 saturated heterocycles. The van der Waals surface area contributed by atoms with Crippen molar-refractivity contribution in [2.24, 2.45) is 28.8 Å². The highest BCUT2D eigenvalue weighted by molar-refractivity contribution is 8.13. The van der Waals surface area contributed by atoms with E-state index in [0.29, 0.717) is 36.0 Å². The lowest BCUT2D eigenvalue weighted by Gasteiger charge is -2.34. The second kappa shape index (κ2) is 9.82. The average molecular weight is 517 g/mol. The minimum absolute atomic E-state index is 0.191. The Morgan fingerprint density at radius 2 is 1.43 bits per heavy atom. The molecule has 4 amide bonds. The molecule has 3 heterocycles. The summed E-state index contributed by atoms with van der Waals surface area (Å²) in [6.07, 6.45) is 12.2. The van der Waals surface area contributed by atoms with Gasteiger partial charge in [0.2, 0.25) is 23.6 Å². The van der Waals surface area contributed by atoms with Gasteiger partial charge in [-0.2, -0.15) is 5.01 Å². The highest BCUT2D eigenvalue weighted by Crippen LogP contribution is 2.41. The van der Waals surface area contributed by atoms with Crippen LogP contribution in [0.2, 0.25) is 0 Å². The summed E-state index contributed by atoms with van der Waals surface area (Å²) in [6, 6.07) is 0. The van der Waals surface area contributed by atoms with Crippen molar-refractivity contribution in [2.45, 2.75) is 39.5 Å².